The number of halogens is 1. The molecule has 0 radical (unpaired) electrons. The molecule has 84 valence electrons. The molecule has 0 fully saturated rings. The maximum Gasteiger partial charge on any atom is 0.152 e. The van der Waals surface area contributed by atoms with Crippen molar-refractivity contribution >= 4 is 17.4 Å². The summed E-state index contributed by atoms with van der Waals surface area (Å²) in [6.45, 7) is 3.48. The summed E-state index contributed by atoms with van der Waals surface area (Å²) in [5.74, 6) is 1.61. The highest BCUT2D eigenvalue weighted by atomic mass is 35.5. The van der Waals surface area contributed by atoms with Crippen molar-refractivity contribution in [1.29, 1.82) is 0 Å². The molecule has 0 aliphatic rings. The van der Waals surface area contributed by atoms with E-state index < -0.39 is 0 Å². The summed E-state index contributed by atoms with van der Waals surface area (Å²) in [5.41, 5.74) is 0. The van der Waals surface area contributed by atoms with Gasteiger partial charge in [-0.2, -0.15) is 0 Å². The molecule has 16 heavy (non-hydrogen) atoms. The zero-order valence-corrected chi connectivity index (χ0v) is 9.65. The highest BCUT2D eigenvalue weighted by Crippen LogP contribution is 2.09. The number of rotatable bonds is 4. The van der Waals surface area contributed by atoms with Gasteiger partial charge >= 0.3 is 0 Å². The first kappa shape index (κ1) is 10.9. The molecule has 5 nitrogen and oxygen atoms in total. The first-order valence-corrected chi connectivity index (χ1v) is 5.40. The van der Waals surface area contributed by atoms with Crippen molar-refractivity contribution in [3.05, 3.63) is 35.5 Å². The molecule has 0 amide bonds. The monoisotopic (exact) mass is 237 g/mol. The van der Waals surface area contributed by atoms with Crippen LogP contribution in [-0.4, -0.2) is 19.7 Å². The zero-order valence-electron chi connectivity index (χ0n) is 8.89. The third-order valence-electron chi connectivity index (χ3n) is 2.18. The maximum atomic E-state index is 5.78. The second kappa shape index (κ2) is 4.94. The van der Waals surface area contributed by atoms with Crippen molar-refractivity contribution in [3.63, 3.8) is 0 Å². The average molecular weight is 238 g/mol. The summed E-state index contributed by atoms with van der Waals surface area (Å²) >= 11 is 5.78. The van der Waals surface area contributed by atoms with E-state index in [1.807, 2.05) is 23.6 Å². The predicted molar refractivity (Wildman–Crippen MR) is 62.3 cm³/mol. The normalized spacial score (nSPS) is 10.4. The molecule has 0 aliphatic carbocycles. The average Bonchev–Trinajstić information content (AvgIpc) is 2.74. The van der Waals surface area contributed by atoms with Gasteiger partial charge in [0.2, 0.25) is 0 Å². The Bertz CT molecular complexity index is 468. The number of aryl methyl sites for hydroxylation is 1. The third-order valence-corrected chi connectivity index (χ3v) is 2.39. The van der Waals surface area contributed by atoms with Gasteiger partial charge in [0.1, 0.15) is 17.3 Å². The number of nitrogens with one attached hydrogen (secondary N) is 1. The third kappa shape index (κ3) is 2.49. The number of anilines is 1. The molecule has 2 aromatic rings. The Hall–Kier alpha value is -1.62. The van der Waals surface area contributed by atoms with Crippen molar-refractivity contribution in [3.8, 4) is 0 Å². The van der Waals surface area contributed by atoms with Gasteiger partial charge in [0.15, 0.2) is 5.82 Å². The standard InChI is InChI=1S/C10H12ClN5/c1-2-16-7-13-15-10(16)6-12-9-5-3-4-8(11)14-9/h3-5,7H,2,6H2,1H3,(H,12,14). The Labute approximate surface area is 98.5 Å². The Morgan fingerprint density at radius 1 is 1.44 bits per heavy atom. The quantitative estimate of drug-likeness (QED) is 0.826. The van der Waals surface area contributed by atoms with Crippen molar-refractivity contribution in [2.75, 3.05) is 5.32 Å². The van der Waals surface area contributed by atoms with Crippen molar-refractivity contribution < 1.29 is 0 Å². The summed E-state index contributed by atoms with van der Waals surface area (Å²) in [4.78, 5) is 4.12. The van der Waals surface area contributed by atoms with Gasteiger partial charge in [-0.15, -0.1) is 10.2 Å². The summed E-state index contributed by atoms with van der Waals surface area (Å²) in [7, 11) is 0. The van der Waals surface area contributed by atoms with Crippen LogP contribution in [0.3, 0.4) is 0 Å². The SMILES string of the molecule is CCn1cnnc1CNc1cccc(Cl)n1. The fourth-order valence-electron chi connectivity index (χ4n) is 1.36. The van der Waals surface area contributed by atoms with Crippen LogP contribution in [-0.2, 0) is 13.1 Å². The van der Waals surface area contributed by atoms with Gasteiger partial charge in [0.25, 0.3) is 0 Å². The zero-order chi connectivity index (χ0) is 11.4. The van der Waals surface area contributed by atoms with Crippen LogP contribution in [0.5, 0.6) is 0 Å². The highest BCUT2D eigenvalue weighted by Gasteiger charge is 2.02. The first-order valence-electron chi connectivity index (χ1n) is 5.02. The fraction of sp³-hybridized carbons (Fsp3) is 0.300. The van der Waals surface area contributed by atoms with Crippen molar-refractivity contribution in [1.82, 2.24) is 19.7 Å². The van der Waals surface area contributed by atoms with Crippen LogP contribution < -0.4 is 5.32 Å². The van der Waals surface area contributed by atoms with Gasteiger partial charge in [-0.3, -0.25) is 0 Å². The van der Waals surface area contributed by atoms with Gasteiger partial charge < -0.3 is 9.88 Å². The first-order chi connectivity index (χ1) is 7.79. The molecule has 0 saturated carbocycles. The highest BCUT2D eigenvalue weighted by molar-refractivity contribution is 6.29. The summed E-state index contributed by atoms with van der Waals surface area (Å²) in [6.07, 6.45) is 1.71. The molecule has 6 heteroatoms. The van der Waals surface area contributed by atoms with E-state index in [2.05, 4.69) is 20.5 Å². The minimum atomic E-state index is 0.474. The van der Waals surface area contributed by atoms with Crippen molar-refractivity contribution in [2.45, 2.75) is 20.0 Å². The Kier molecular flexibility index (Phi) is 3.36. The topological polar surface area (TPSA) is 55.6 Å². The molecule has 0 atom stereocenters. The number of aromatic nitrogens is 4. The molecule has 0 bridgehead atoms. The summed E-state index contributed by atoms with van der Waals surface area (Å²) in [5, 5.41) is 11.5. The number of nitrogens with zero attached hydrogens (tertiary/aromatic N) is 4. The molecule has 0 spiro atoms. The Morgan fingerprint density at radius 2 is 2.31 bits per heavy atom. The van der Waals surface area contributed by atoms with E-state index in [9.17, 15) is 0 Å². The van der Waals surface area contributed by atoms with Gasteiger partial charge in [-0.25, -0.2) is 4.98 Å². The van der Waals surface area contributed by atoms with Gasteiger partial charge in [0, 0.05) is 6.54 Å². The molecular formula is C10H12ClN5. The van der Waals surface area contributed by atoms with Gasteiger partial charge in [0.05, 0.1) is 6.54 Å². The minimum absolute atomic E-state index is 0.474. The second-order valence-electron chi connectivity index (χ2n) is 3.23. The number of hydrogen-bond acceptors (Lipinski definition) is 4. The lowest BCUT2D eigenvalue weighted by atomic mass is 10.4. The molecule has 1 N–H and O–H groups in total. The predicted octanol–water partition coefficient (Wildman–Crippen LogP) is 1.96. The van der Waals surface area contributed by atoms with Crippen LogP contribution in [0.2, 0.25) is 5.15 Å². The molecule has 2 rings (SSSR count). The Balaban J connectivity index is 2.02. The van der Waals surface area contributed by atoms with Crippen LogP contribution >= 0.6 is 11.6 Å². The molecule has 2 heterocycles. The number of hydrogen-bond donors (Lipinski definition) is 1. The van der Waals surface area contributed by atoms with Crippen molar-refractivity contribution in [2.24, 2.45) is 0 Å². The van der Waals surface area contributed by atoms with Gasteiger partial charge in [-0.1, -0.05) is 17.7 Å². The molecule has 2 aromatic heterocycles. The smallest absolute Gasteiger partial charge is 0.152 e. The minimum Gasteiger partial charge on any atom is -0.363 e. The second-order valence-corrected chi connectivity index (χ2v) is 3.62. The van der Waals surface area contributed by atoms with E-state index in [-0.39, 0.29) is 0 Å². The molecule has 0 aliphatic heterocycles. The van der Waals surface area contributed by atoms with E-state index in [4.69, 9.17) is 11.6 Å². The molecular weight excluding hydrogens is 226 g/mol. The molecule has 0 unspecified atom stereocenters. The van der Waals surface area contributed by atoms with Gasteiger partial charge in [-0.05, 0) is 19.1 Å². The molecule has 0 saturated heterocycles. The van der Waals surface area contributed by atoms with E-state index in [1.54, 1.807) is 12.4 Å². The summed E-state index contributed by atoms with van der Waals surface area (Å²) in [6, 6.07) is 5.45. The fourth-order valence-corrected chi connectivity index (χ4v) is 1.52. The van der Waals surface area contributed by atoms with E-state index in [0.29, 0.717) is 11.7 Å². The van der Waals surface area contributed by atoms with E-state index in [1.165, 1.54) is 0 Å². The van der Waals surface area contributed by atoms with Crippen LogP contribution in [0, 0.1) is 0 Å². The largest absolute Gasteiger partial charge is 0.363 e. The van der Waals surface area contributed by atoms with E-state index >= 15 is 0 Å². The van der Waals surface area contributed by atoms with Crippen LogP contribution in [0.1, 0.15) is 12.7 Å². The Morgan fingerprint density at radius 3 is 3.06 bits per heavy atom. The maximum absolute atomic E-state index is 5.78. The molecule has 0 aromatic carbocycles. The number of pyridine rings is 1. The lowest BCUT2D eigenvalue weighted by Gasteiger charge is -2.06. The lowest BCUT2D eigenvalue weighted by Crippen LogP contribution is -2.08. The van der Waals surface area contributed by atoms with E-state index in [0.717, 1.165) is 18.2 Å². The van der Waals surface area contributed by atoms with Crippen LogP contribution in [0.15, 0.2) is 24.5 Å². The lowest BCUT2D eigenvalue weighted by molar-refractivity contribution is 0.707. The summed E-state index contributed by atoms with van der Waals surface area (Å²) < 4.78 is 1.97. The van der Waals surface area contributed by atoms with Crippen LogP contribution in [0.25, 0.3) is 0 Å². The van der Waals surface area contributed by atoms with Crippen LogP contribution in [0.4, 0.5) is 5.82 Å².